The monoisotopic (exact) mass is 497 g/mol. The molecule has 0 unspecified atom stereocenters. The second-order valence-corrected chi connectivity index (χ2v) is 8.70. The summed E-state index contributed by atoms with van der Waals surface area (Å²) in [7, 11) is 0. The molecule has 0 bridgehead atoms. The number of nitrogens with zero attached hydrogens (tertiary/aromatic N) is 1. The van der Waals surface area contributed by atoms with Crippen LogP contribution in [-0.4, -0.2) is 23.6 Å². The van der Waals surface area contributed by atoms with Crippen molar-refractivity contribution in [1.29, 1.82) is 0 Å². The number of anilines is 1. The van der Waals surface area contributed by atoms with E-state index in [0.717, 1.165) is 11.3 Å². The zero-order valence-corrected chi connectivity index (χ0v) is 19.4. The Morgan fingerprint density at radius 2 is 1.79 bits per heavy atom. The third-order valence-electron chi connectivity index (χ3n) is 4.39. The molecule has 4 rings (SSSR count). The van der Waals surface area contributed by atoms with Crippen molar-refractivity contribution < 1.29 is 14.3 Å². The van der Waals surface area contributed by atoms with Crippen LogP contribution in [0.2, 0.25) is 10.0 Å². The minimum atomic E-state index is -0.330. The molecular formula is C24H17Cl2N3O3S. The lowest BCUT2D eigenvalue weighted by molar-refractivity contribution is -0.118. The Balaban J connectivity index is 1.33. The molecule has 2 amide bonds. The van der Waals surface area contributed by atoms with Gasteiger partial charge in [0.15, 0.2) is 11.8 Å². The molecule has 0 atom stereocenters. The number of ether oxygens (including phenoxy) is 1. The Bertz CT molecular complexity index is 1250. The quantitative estimate of drug-likeness (QED) is 0.415. The lowest BCUT2D eigenvalue weighted by Gasteiger charge is -2.08. The summed E-state index contributed by atoms with van der Waals surface area (Å²) in [5, 5.41) is 6.75. The van der Waals surface area contributed by atoms with Crippen molar-refractivity contribution in [2.45, 2.75) is 0 Å². The van der Waals surface area contributed by atoms with Crippen LogP contribution in [0.3, 0.4) is 0 Å². The summed E-state index contributed by atoms with van der Waals surface area (Å²) in [5.74, 6) is -0.00545. The van der Waals surface area contributed by atoms with Crippen LogP contribution in [0.25, 0.3) is 6.08 Å². The number of nitrogens with one attached hydrogen (secondary N) is 2. The van der Waals surface area contributed by atoms with E-state index in [4.69, 9.17) is 27.9 Å². The maximum Gasteiger partial charge on any atom is 0.264 e. The molecule has 2 N–H and O–H groups in total. The first-order valence-corrected chi connectivity index (χ1v) is 11.4. The molecule has 0 saturated carbocycles. The molecule has 9 heteroatoms. The van der Waals surface area contributed by atoms with Gasteiger partial charge in [-0.3, -0.25) is 9.59 Å². The molecule has 33 heavy (non-hydrogen) atoms. The van der Waals surface area contributed by atoms with Gasteiger partial charge in [-0.2, -0.15) is 0 Å². The topological polar surface area (TPSA) is 79.8 Å². The van der Waals surface area contributed by atoms with E-state index in [1.807, 2.05) is 30.3 Å². The number of carbonyl (C=O) groups is 2. The third kappa shape index (κ3) is 6.38. The smallest absolute Gasteiger partial charge is 0.264 e. The fourth-order valence-electron chi connectivity index (χ4n) is 2.83. The highest BCUT2D eigenvalue weighted by molar-refractivity contribution is 8.18. The van der Waals surface area contributed by atoms with Gasteiger partial charge in [-0.05, 0) is 65.9 Å². The van der Waals surface area contributed by atoms with Crippen LogP contribution >= 0.6 is 35.0 Å². The van der Waals surface area contributed by atoms with Crippen LogP contribution in [-0.2, 0) is 9.59 Å². The van der Waals surface area contributed by atoms with E-state index in [9.17, 15) is 9.59 Å². The number of hydrogen-bond acceptors (Lipinski definition) is 5. The van der Waals surface area contributed by atoms with Gasteiger partial charge in [0.2, 0.25) is 0 Å². The highest BCUT2D eigenvalue weighted by Gasteiger charge is 2.23. The number of para-hydroxylation sites is 1. The zero-order chi connectivity index (χ0) is 23.2. The van der Waals surface area contributed by atoms with Crippen molar-refractivity contribution in [2.75, 3.05) is 11.9 Å². The minimum absolute atomic E-state index is 0.168. The van der Waals surface area contributed by atoms with Gasteiger partial charge in [0, 0.05) is 5.69 Å². The Labute approximate surface area is 204 Å². The van der Waals surface area contributed by atoms with Crippen LogP contribution in [0.5, 0.6) is 5.75 Å². The largest absolute Gasteiger partial charge is 0.484 e. The van der Waals surface area contributed by atoms with Crippen LogP contribution in [0, 0.1) is 0 Å². The highest BCUT2D eigenvalue weighted by Crippen LogP contribution is 2.28. The van der Waals surface area contributed by atoms with Crippen LogP contribution in [0.4, 0.5) is 11.4 Å². The van der Waals surface area contributed by atoms with E-state index >= 15 is 0 Å². The molecule has 0 spiro atoms. The Kier molecular flexibility index (Phi) is 7.34. The standard InChI is InChI=1S/C24H17Cl2N3O3S/c25-19-11-8-17(13-20(19)26)27-22(30)14-32-18-9-6-15(7-10-18)12-21-23(31)29-24(33-21)28-16-4-2-1-3-5-16/h1-13H,14H2,(H,27,30)(H,28,29,31)/b21-12-. The molecule has 1 aliphatic rings. The predicted molar refractivity (Wildman–Crippen MR) is 134 cm³/mol. The second kappa shape index (κ2) is 10.6. The first-order chi connectivity index (χ1) is 16.0. The lowest BCUT2D eigenvalue weighted by atomic mass is 10.2. The molecule has 1 heterocycles. The molecule has 1 saturated heterocycles. The summed E-state index contributed by atoms with van der Waals surface area (Å²) >= 11 is 13.1. The van der Waals surface area contributed by atoms with Crippen LogP contribution in [0.1, 0.15) is 5.56 Å². The van der Waals surface area contributed by atoms with Gasteiger partial charge in [0.1, 0.15) is 5.75 Å². The Morgan fingerprint density at radius 3 is 2.52 bits per heavy atom. The maximum atomic E-state index is 12.2. The van der Waals surface area contributed by atoms with E-state index in [2.05, 4.69) is 15.6 Å². The van der Waals surface area contributed by atoms with E-state index in [1.165, 1.54) is 11.8 Å². The fraction of sp³-hybridized carbons (Fsp3) is 0.0417. The van der Waals surface area contributed by atoms with Gasteiger partial charge in [-0.25, -0.2) is 4.99 Å². The van der Waals surface area contributed by atoms with Crippen molar-refractivity contribution in [3.8, 4) is 5.75 Å². The molecule has 1 aliphatic heterocycles. The molecule has 3 aromatic carbocycles. The molecule has 0 aromatic heterocycles. The third-order valence-corrected chi connectivity index (χ3v) is 6.04. The molecule has 3 aromatic rings. The van der Waals surface area contributed by atoms with E-state index in [-0.39, 0.29) is 18.4 Å². The summed E-state index contributed by atoms with van der Waals surface area (Å²) in [6.45, 7) is -0.168. The van der Waals surface area contributed by atoms with Crippen molar-refractivity contribution >= 4 is 69.4 Å². The summed E-state index contributed by atoms with van der Waals surface area (Å²) < 4.78 is 5.53. The zero-order valence-electron chi connectivity index (χ0n) is 17.0. The fourth-order valence-corrected chi connectivity index (χ4v) is 3.97. The second-order valence-electron chi connectivity index (χ2n) is 6.85. The summed E-state index contributed by atoms with van der Waals surface area (Å²) in [6.07, 6.45) is 1.77. The van der Waals surface area contributed by atoms with Gasteiger partial charge in [-0.15, -0.1) is 0 Å². The molecule has 1 fully saturated rings. The number of carbonyl (C=O) groups excluding carboxylic acids is 2. The van der Waals surface area contributed by atoms with Gasteiger partial charge >= 0.3 is 0 Å². The molecule has 6 nitrogen and oxygen atoms in total. The average molecular weight is 498 g/mol. The van der Waals surface area contributed by atoms with Gasteiger partial charge in [-0.1, -0.05) is 53.5 Å². The van der Waals surface area contributed by atoms with Gasteiger partial charge in [0.25, 0.3) is 11.8 Å². The predicted octanol–water partition coefficient (Wildman–Crippen LogP) is 5.90. The maximum absolute atomic E-state index is 12.2. The SMILES string of the molecule is O=C(COc1ccc(/C=C2\SC(=Nc3ccccc3)NC2=O)cc1)Nc1ccc(Cl)c(Cl)c1. The number of benzene rings is 3. The molecule has 0 radical (unpaired) electrons. The lowest BCUT2D eigenvalue weighted by Crippen LogP contribution is -2.20. The van der Waals surface area contributed by atoms with Crippen LogP contribution < -0.4 is 15.4 Å². The summed E-state index contributed by atoms with van der Waals surface area (Å²) in [4.78, 5) is 29.3. The Morgan fingerprint density at radius 1 is 1.03 bits per heavy atom. The average Bonchev–Trinajstić information content (AvgIpc) is 3.15. The first kappa shape index (κ1) is 22.9. The van der Waals surface area contributed by atoms with Crippen LogP contribution in [0.15, 0.2) is 82.7 Å². The number of aliphatic imine (C=N–C) groups is 1. The number of thioether (sulfide) groups is 1. The van der Waals surface area contributed by atoms with E-state index < -0.39 is 0 Å². The van der Waals surface area contributed by atoms with Gasteiger partial charge < -0.3 is 15.4 Å². The van der Waals surface area contributed by atoms with Crippen molar-refractivity contribution in [3.63, 3.8) is 0 Å². The summed E-state index contributed by atoms with van der Waals surface area (Å²) in [5.41, 5.74) is 2.12. The van der Waals surface area contributed by atoms with E-state index in [1.54, 1.807) is 48.5 Å². The van der Waals surface area contributed by atoms with Gasteiger partial charge in [0.05, 0.1) is 20.6 Å². The minimum Gasteiger partial charge on any atom is -0.484 e. The van der Waals surface area contributed by atoms with Crippen molar-refractivity contribution in [2.24, 2.45) is 4.99 Å². The normalized spacial score (nSPS) is 15.5. The number of halogens is 2. The number of rotatable bonds is 6. The van der Waals surface area contributed by atoms with Crippen molar-refractivity contribution in [1.82, 2.24) is 5.32 Å². The highest BCUT2D eigenvalue weighted by atomic mass is 35.5. The molecular weight excluding hydrogens is 481 g/mol. The summed E-state index contributed by atoms with van der Waals surface area (Å²) in [6, 6.07) is 21.3. The van der Waals surface area contributed by atoms with E-state index in [0.29, 0.717) is 31.6 Å². The molecule has 0 aliphatic carbocycles. The number of amidine groups is 1. The number of amides is 2. The Hall–Kier alpha value is -3.26. The first-order valence-electron chi connectivity index (χ1n) is 9.79. The van der Waals surface area contributed by atoms with Crippen molar-refractivity contribution in [3.05, 3.63) is 93.3 Å². The number of hydrogen-bond donors (Lipinski definition) is 2. The molecule has 166 valence electrons.